The van der Waals surface area contributed by atoms with Crippen molar-refractivity contribution >= 4 is 39.6 Å². The van der Waals surface area contributed by atoms with E-state index < -0.39 is 0 Å². The number of imidazole rings is 1. The van der Waals surface area contributed by atoms with Gasteiger partial charge < -0.3 is 9.72 Å². The van der Waals surface area contributed by atoms with Crippen molar-refractivity contribution in [2.75, 3.05) is 12.5 Å². The van der Waals surface area contributed by atoms with Crippen LogP contribution in [0.2, 0.25) is 0 Å². The van der Waals surface area contributed by atoms with Gasteiger partial charge in [0.25, 0.3) is 5.56 Å². The van der Waals surface area contributed by atoms with Crippen LogP contribution in [-0.4, -0.2) is 27.7 Å². The van der Waals surface area contributed by atoms with Crippen molar-refractivity contribution in [3.63, 3.8) is 0 Å². The van der Waals surface area contributed by atoms with E-state index in [9.17, 15) is 10.1 Å². The Morgan fingerprint density at radius 1 is 1.26 bits per heavy atom. The molecule has 3 aromatic heterocycles. The highest BCUT2D eigenvalue weighted by atomic mass is 16.5. The molecule has 5 aromatic rings. The van der Waals surface area contributed by atoms with Crippen molar-refractivity contribution in [3.05, 3.63) is 81.1 Å². The van der Waals surface area contributed by atoms with E-state index in [-0.39, 0.29) is 5.56 Å². The first-order valence-electron chi connectivity index (χ1n) is 10.9. The quantitative estimate of drug-likeness (QED) is 0.302. The number of hydrazone groups is 1. The molecule has 34 heavy (non-hydrogen) atoms. The molecule has 0 aliphatic rings. The highest BCUT2D eigenvalue weighted by molar-refractivity contribution is 5.89. The minimum absolute atomic E-state index is 0.253. The van der Waals surface area contributed by atoms with E-state index in [2.05, 4.69) is 21.6 Å². The summed E-state index contributed by atoms with van der Waals surface area (Å²) in [5.74, 6) is 1.40. The minimum atomic E-state index is -0.253. The fraction of sp³-hybridized carbons (Fsp3) is 0.154. The molecule has 0 saturated carbocycles. The smallest absolute Gasteiger partial charge is 0.257 e. The Bertz CT molecular complexity index is 1700. The number of H-pyrrole nitrogens is 1. The number of methoxy groups -OCH3 is 1. The number of nitrogens with one attached hydrogen (secondary N) is 2. The number of fused-ring (bicyclic) bond motifs is 4. The second-order valence-corrected chi connectivity index (χ2v) is 7.93. The highest BCUT2D eigenvalue weighted by Crippen LogP contribution is 2.31. The molecule has 0 aliphatic heterocycles. The van der Waals surface area contributed by atoms with Gasteiger partial charge in [0, 0.05) is 6.07 Å². The summed E-state index contributed by atoms with van der Waals surface area (Å²) in [6, 6.07) is 17.3. The van der Waals surface area contributed by atoms with Crippen molar-refractivity contribution in [2.24, 2.45) is 5.10 Å². The number of ether oxygens (including phenoxy) is 1. The second-order valence-electron chi connectivity index (χ2n) is 7.93. The van der Waals surface area contributed by atoms with Crippen LogP contribution in [0.4, 0.5) is 5.82 Å². The molecular formula is C26H22N6O2. The van der Waals surface area contributed by atoms with Gasteiger partial charge in [0.05, 0.1) is 41.0 Å². The minimum Gasteiger partial charge on any atom is -0.497 e. The van der Waals surface area contributed by atoms with Crippen molar-refractivity contribution in [1.82, 2.24) is 14.4 Å². The molecule has 0 atom stereocenters. The number of benzene rings is 2. The number of hydrogen-bond donors (Lipinski definition) is 2. The van der Waals surface area contributed by atoms with Gasteiger partial charge >= 0.3 is 0 Å². The van der Waals surface area contributed by atoms with Crippen molar-refractivity contribution in [2.45, 2.75) is 20.3 Å². The van der Waals surface area contributed by atoms with E-state index in [1.54, 1.807) is 19.2 Å². The lowest BCUT2D eigenvalue weighted by molar-refractivity contribution is 0.415. The zero-order chi connectivity index (χ0) is 23.8. The monoisotopic (exact) mass is 450 g/mol. The fourth-order valence-corrected chi connectivity index (χ4v) is 4.32. The number of para-hydroxylation sites is 2. The van der Waals surface area contributed by atoms with Crippen LogP contribution >= 0.6 is 0 Å². The van der Waals surface area contributed by atoms with Crippen LogP contribution in [0.3, 0.4) is 0 Å². The third-order valence-corrected chi connectivity index (χ3v) is 6.04. The third kappa shape index (κ3) is 3.35. The van der Waals surface area contributed by atoms with Gasteiger partial charge in [-0.3, -0.25) is 14.6 Å². The molecule has 0 fully saturated rings. The van der Waals surface area contributed by atoms with E-state index in [4.69, 9.17) is 9.72 Å². The molecule has 0 aliphatic carbocycles. The predicted molar refractivity (Wildman–Crippen MR) is 134 cm³/mol. The first-order valence-corrected chi connectivity index (χ1v) is 10.9. The maximum Gasteiger partial charge on any atom is 0.257 e. The number of pyridine rings is 2. The Morgan fingerprint density at radius 3 is 2.85 bits per heavy atom. The Kier molecular flexibility index (Phi) is 5.22. The average Bonchev–Trinajstić information content (AvgIpc) is 3.23. The van der Waals surface area contributed by atoms with Crippen molar-refractivity contribution in [3.8, 4) is 11.8 Å². The summed E-state index contributed by atoms with van der Waals surface area (Å²) in [5.41, 5.74) is 8.60. The second kappa shape index (κ2) is 8.37. The van der Waals surface area contributed by atoms with Crippen LogP contribution in [0.25, 0.3) is 27.6 Å². The highest BCUT2D eigenvalue weighted by Gasteiger charge is 2.19. The van der Waals surface area contributed by atoms with Gasteiger partial charge in [-0.1, -0.05) is 19.1 Å². The van der Waals surface area contributed by atoms with Gasteiger partial charge in [-0.25, -0.2) is 4.98 Å². The summed E-state index contributed by atoms with van der Waals surface area (Å²) >= 11 is 0. The SMILES string of the molecule is CCc1c(C)c(C#N)c2nc3ccccc3n2c1N/N=C\c1cc2ccc(OC)cc2[nH]c1=O. The lowest BCUT2D eigenvalue weighted by atomic mass is 10.0. The molecule has 0 radical (unpaired) electrons. The standard InChI is InChI=1S/C26H22N6O2/c1-4-19-15(2)20(13-27)24-29-21-7-5-6-8-23(21)32(24)25(19)31-28-14-17-11-16-9-10-18(34-3)12-22(16)30-26(17)33/h5-12,14,31H,4H2,1-3H3,(H,30,33)/b28-14-. The molecule has 3 heterocycles. The number of hydrogen-bond acceptors (Lipinski definition) is 6. The van der Waals surface area contributed by atoms with Gasteiger partial charge in [-0.2, -0.15) is 10.4 Å². The van der Waals surface area contributed by atoms with Crippen LogP contribution in [0.15, 0.2) is 58.4 Å². The van der Waals surface area contributed by atoms with E-state index >= 15 is 0 Å². The first-order chi connectivity index (χ1) is 16.5. The molecule has 5 rings (SSSR count). The predicted octanol–water partition coefficient (Wildman–Crippen LogP) is 4.53. The van der Waals surface area contributed by atoms with Gasteiger partial charge in [0.15, 0.2) is 5.65 Å². The fourth-order valence-electron chi connectivity index (χ4n) is 4.32. The van der Waals surface area contributed by atoms with E-state index in [1.165, 1.54) is 6.21 Å². The molecular weight excluding hydrogens is 428 g/mol. The van der Waals surface area contributed by atoms with E-state index in [0.29, 0.717) is 34.5 Å². The number of nitrogens with zero attached hydrogens (tertiary/aromatic N) is 4. The normalized spacial score (nSPS) is 11.5. The zero-order valence-electron chi connectivity index (χ0n) is 19.0. The Labute approximate surface area is 195 Å². The van der Waals surface area contributed by atoms with Crippen molar-refractivity contribution < 1.29 is 4.74 Å². The summed E-state index contributed by atoms with van der Waals surface area (Å²) in [5, 5.41) is 15.1. The molecule has 168 valence electrons. The molecule has 8 heteroatoms. The molecule has 0 spiro atoms. The van der Waals surface area contributed by atoms with Crippen LogP contribution in [0.5, 0.6) is 5.75 Å². The summed E-state index contributed by atoms with van der Waals surface area (Å²) in [6.45, 7) is 3.96. The van der Waals surface area contributed by atoms with Crippen LogP contribution in [-0.2, 0) is 6.42 Å². The number of aromatic amines is 1. The molecule has 0 unspecified atom stereocenters. The summed E-state index contributed by atoms with van der Waals surface area (Å²) in [7, 11) is 1.59. The average molecular weight is 451 g/mol. The maximum atomic E-state index is 12.6. The van der Waals surface area contributed by atoms with E-state index in [0.717, 1.165) is 33.4 Å². The van der Waals surface area contributed by atoms with Crippen LogP contribution < -0.4 is 15.7 Å². The molecule has 2 aromatic carbocycles. The lowest BCUT2D eigenvalue weighted by Gasteiger charge is -2.15. The van der Waals surface area contributed by atoms with E-state index in [1.807, 2.05) is 54.6 Å². The zero-order valence-corrected chi connectivity index (χ0v) is 19.0. The summed E-state index contributed by atoms with van der Waals surface area (Å²) < 4.78 is 7.15. The molecule has 8 nitrogen and oxygen atoms in total. The lowest BCUT2D eigenvalue weighted by Crippen LogP contribution is -2.13. The van der Waals surface area contributed by atoms with Gasteiger partial charge in [-0.05, 0) is 60.2 Å². The first kappa shape index (κ1) is 21.2. The molecule has 2 N–H and O–H groups in total. The Hall–Kier alpha value is -4.64. The Morgan fingerprint density at radius 2 is 2.09 bits per heavy atom. The van der Waals surface area contributed by atoms with Gasteiger partial charge in [0.2, 0.25) is 0 Å². The summed E-state index contributed by atoms with van der Waals surface area (Å²) in [4.78, 5) is 20.2. The molecule has 0 saturated heterocycles. The Balaban J connectivity index is 1.63. The van der Waals surface area contributed by atoms with Crippen molar-refractivity contribution in [1.29, 1.82) is 5.26 Å². The number of aromatic nitrogens is 3. The number of anilines is 1. The molecule has 0 amide bonds. The maximum absolute atomic E-state index is 12.6. The third-order valence-electron chi connectivity index (χ3n) is 6.04. The van der Waals surface area contributed by atoms with Crippen LogP contribution in [0, 0.1) is 18.3 Å². The largest absolute Gasteiger partial charge is 0.497 e. The van der Waals surface area contributed by atoms with Gasteiger partial charge in [0.1, 0.15) is 17.6 Å². The topological polar surface area (TPSA) is 108 Å². The molecule has 0 bridgehead atoms. The summed E-state index contributed by atoms with van der Waals surface area (Å²) in [6.07, 6.45) is 2.19. The number of nitriles is 1. The number of rotatable bonds is 5. The van der Waals surface area contributed by atoms with Gasteiger partial charge in [-0.15, -0.1) is 0 Å². The van der Waals surface area contributed by atoms with Crippen LogP contribution in [0.1, 0.15) is 29.2 Å².